The molecule has 0 saturated heterocycles. The molecule has 0 fully saturated rings. The molecule has 6 nitrogen and oxygen atoms in total. The van der Waals surface area contributed by atoms with Crippen LogP contribution in [0.2, 0.25) is 0 Å². The van der Waals surface area contributed by atoms with E-state index in [9.17, 15) is 0 Å². The molecule has 0 saturated carbocycles. The Morgan fingerprint density at radius 2 is 1.90 bits per heavy atom. The number of anilines is 2. The summed E-state index contributed by atoms with van der Waals surface area (Å²) < 4.78 is 5.64. The zero-order valence-corrected chi connectivity index (χ0v) is 13.8. The number of hydrogen-bond acceptors (Lipinski definition) is 7. The molecule has 0 spiro atoms. The van der Waals surface area contributed by atoms with Crippen molar-refractivity contribution in [1.29, 1.82) is 0 Å². The summed E-state index contributed by atoms with van der Waals surface area (Å²) in [5, 5.41) is 3.25. The molecule has 1 aromatic heterocycles. The number of ether oxygens (including phenoxy) is 1. The third kappa shape index (κ3) is 4.70. The molecule has 0 atom stereocenters. The van der Waals surface area contributed by atoms with Gasteiger partial charge in [-0.05, 0) is 32.9 Å². The van der Waals surface area contributed by atoms with Crippen LogP contribution in [0.25, 0.3) is 0 Å². The molecule has 0 aliphatic heterocycles. The lowest BCUT2D eigenvalue weighted by molar-refractivity contribution is 0.222. The predicted molar refractivity (Wildman–Crippen MR) is 85.3 cm³/mol. The molecule has 1 aromatic rings. The lowest BCUT2D eigenvalue weighted by Crippen LogP contribution is -2.32. The van der Waals surface area contributed by atoms with Crippen LogP contribution in [0.4, 0.5) is 11.9 Å². The second-order valence-electron chi connectivity index (χ2n) is 4.91. The molecule has 0 bridgehead atoms. The van der Waals surface area contributed by atoms with Crippen LogP contribution in [0.1, 0.15) is 40.5 Å². The molecule has 20 heavy (non-hydrogen) atoms. The number of nitrogens with two attached hydrogens (primary N) is 1. The third-order valence-electron chi connectivity index (χ3n) is 3.26. The second-order valence-corrected chi connectivity index (χ2v) is 6.19. The highest BCUT2D eigenvalue weighted by atomic mass is 32.2. The molecule has 0 unspecified atom stereocenters. The fraction of sp³-hybridized carbons (Fsp3) is 0.769. The van der Waals surface area contributed by atoms with Gasteiger partial charge in [0.15, 0.2) is 0 Å². The average molecular weight is 299 g/mol. The first-order valence-electron chi connectivity index (χ1n) is 6.92. The lowest BCUT2D eigenvalue weighted by Gasteiger charge is -2.29. The highest BCUT2D eigenvalue weighted by Gasteiger charge is 2.25. The number of nitrogens with one attached hydrogen (secondary N) is 1. The monoisotopic (exact) mass is 299 g/mol. The van der Waals surface area contributed by atoms with Crippen molar-refractivity contribution in [3.63, 3.8) is 0 Å². The molecule has 1 rings (SSSR count). The first kappa shape index (κ1) is 16.8. The Kier molecular flexibility index (Phi) is 6.32. The van der Waals surface area contributed by atoms with Gasteiger partial charge in [0.2, 0.25) is 11.9 Å². The van der Waals surface area contributed by atoms with Crippen LogP contribution >= 0.6 is 11.8 Å². The van der Waals surface area contributed by atoms with Crippen molar-refractivity contribution >= 4 is 23.7 Å². The van der Waals surface area contributed by atoms with Gasteiger partial charge in [-0.2, -0.15) is 26.7 Å². The van der Waals surface area contributed by atoms with Crippen molar-refractivity contribution in [3.8, 4) is 6.01 Å². The Labute approximate surface area is 125 Å². The number of hydrogen-bond donors (Lipinski definition) is 2. The molecule has 3 N–H and O–H groups in total. The van der Waals surface area contributed by atoms with Crippen LogP contribution in [0, 0.1) is 0 Å². The first-order valence-corrected chi connectivity index (χ1v) is 8.14. The molecule has 0 amide bonds. The van der Waals surface area contributed by atoms with E-state index in [-0.39, 0.29) is 22.8 Å². The minimum Gasteiger partial charge on any atom is -0.461 e. The van der Waals surface area contributed by atoms with Crippen molar-refractivity contribution < 1.29 is 4.74 Å². The van der Waals surface area contributed by atoms with Crippen molar-refractivity contribution in [2.24, 2.45) is 0 Å². The lowest BCUT2D eigenvalue weighted by atomic mass is 10.0. The minimum atomic E-state index is 0.00113. The molecule has 0 aromatic carbocycles. The van der Waals surface area contributed by atoms with Gasteiger partial charge in [-0.1, -0.05) is 13.8 Å². The van der Waals surface area contributed by atoms with Gasteiger partial charge < -0.3 is 15.8 Å². The van der Waals surface area contributed by atoms with Gasteiger partial charge >= 0.3 is 6.01 Å². The van der Waals surface area contributed by atoms with E-state index in [0.29, 0.717) is 5.95 Å². The van der Waals surface area contributed by atoms with Crippen LogP contribution in [0.5, 0.6) is 6.01 Å². The quantitative estimate of drug-likeness (QED) is 0.763. The highest BCUT2D eigenvalue weighted by Crippen LogP contribution is 2.30. The van der Waals surface area contributed by atoms with E-state index in [2.05, 4.69) is 40.4 Å². The number of thioether (sulfide) groups is 1. The fourth-order valence-electron chi connectivity index (χ4n) is 1.82. The Morgan fingerprint density at radius 1 is 1.25 bits per heavy atom. The predicted octanol–water partition coefficient (Wildman–Crippen LogP) is 2.57. The highest BCUT2D eigenvalue weighted by molar-refractivity contribution is 8.00. The number of aromatic nitrogens is 3. The molecule has 114 valence electrons. The molecule has 0 aliphatic rings. The summed E-state index contributed by atoms with van der Waals surface area (Å²) in [4.78, 5) is 12.3. The van der Waals surface area contributed by atoms with Gasteiger partial charge in [-0.25, -0.2) is 0 Å². The molecule has 1 heterocycles. The Balaban J connectivity index is 2.79. The SMILES string of the molecule is CCC(CC)(CNc1nc(N)nc(OC(C)C)n1)SC. The first-order chi connectivity index (χ1) is 9.44. The van der Waals surface area contributed by atoms with E-state index >= 15 is 0 Å². The summed E-state index contributed by atoms with van der Waals surface area (Å²) in [5.41, 5.74) is 5.68. The van der Waals surface area contributed by atoms with Crippen LogP contribution in [0.15, 0.2) is 0 Å². The van der Waals surface area contributed by atoms with E-state index in [4.69, 9.17) is 10.5 Å². The molecular weight excluding hydrogens is 274 g/mol. The van der Waals surface area contributed by atoms with Crippen molar-refractivity contribution in [1.82, 2.24) is 15.0 Å². The standard InChI is InChI=1S/C13H25N5OS/c1-6-13(7-2,20-5)8-15-11-16-10(14)17-12(18-11)19-9(3)4/h9H,6-8H2,1-5H3,(H3,14,15,16,17,18). The van der Waals surface area contributed by atoms with Crippen molar-refractivity contribution in [2.45, 2.75) is 51.4 Å². The number of nitrogens with zero attached hydrogens (tertiary/aromatic N) is 3. The maximum Gasteiger partial charge on any atom is 0.323 e. The summed E-state index contributed by atoms with van der Waals surface area (Å²) in [7, 11) is 0. The Morgan fingerprint density at radius 3 is 2.40 bits per heavy atom. The van der Waals surface area contributed by atoms with Gasteiger partial charge in [-0.3, -0.25) is 0 Å². The summed E-state index contributed by atoms with van der Waals surface area (Å²) in [5.74, 6) is 0.634. The van der Waals surface area contributed by atoms with Crippen LogP contribution in [0.3, 0.4) is 0 Å². The summed E-state index contributed by atoms with van der Waals surface area (Å²) >= 11 is 1.86. The zero-order chi connectivity index (χ0) is 15.2. The smallest absolute Gasteiger partial charge is 0.323 e. The van der Waals surface area contributed by atoms with Gasteiger partial charge in [0, 0.05) is 11.3 Å². The Hall–Kier alpha value is -1.24. The van der Waals surface area contributed by atoms with E-state index in [0.717, 1.165) is 19.4 Å². The number of nitrogen functional groups attached to an aromatic ring is 1. The maximum absolute atomic E-state index is 5.68. The summed E-state index contributed by atoms with van der Waals surface area (Å²) in [6.07, 6.45) is 4.28. The van der Waals surface area contributed by atoms with Gasteiger partial charge in [-0.15, -0.1) is 0 Å². The van der Waals surface area contributed by atoms with Gasteiger partial charge in [0.1, 0.15) is 0 Å². The van der Waals surface area contributed by atoms with Crippen molar-refractivity contribution in [3.05, 3.63) is 0 Å². The molecule has 7 heteroatoms. The zero-order valence-electron chi connectivity index (χ0n) is 12.9. The minimum absolute atomic E-state index is 0.00113. The Bertz CT molecular complexity index is 415. The molecular formula is C13H25N5OS. The third-order valence-corrected chi connectivity index (χ3v) is 4.85. The van der Waals surface area contributed by atoms with Crippen molar-refractivity contribution in [2.75, 3.05) is 23.9 Å². The van der Waals surface area contributed by atoms with E-state index < -0.39 is 0 Å². The maximum atomic E-state index is 5.68. The van der Waals surface area contributed by atoms with Gasteiger partial charge in [0.25, 0.3) is 0 Å². The van der Waals surface area contributed by atoms with E-state index in [1.807, 2.05) is 25.6 Å². The van der Waals surface area contributed by atoms with Crippen LogP contribution in [-0.2, 0) is 0 Å². The average Bonchev–Trinajstić information content (AvgIpc) is 2.39. The summed E-state index contributed by atoms with van der Waals surface area (Å²) in [6.45, 7) is 9.00. The van der Waals surface area contributed by atoms with E-state index in [1.54, 1.807) is 0 Å². The second kappa shape index (κ2) is 7.52. The van der Waals surface area contributed by atoms with Crippen LogP contribution in [-0.4, -0.2) is 38.6 Å². The fourth-order valence-corrected chi connectivity index (χ4v) is 2.61. The largest absolute Gasteiger partial charge is 0.461 e. The normalized spacial score (nSPS) is 11.7. The van der Waals surface area contributed by atoms with E-state index in [1.165, 1.54) is 0 Å². The summed E-state index contributed by atoms with van der Waals surface area (Å²) in [6, 6.07) is 0.262. The topological polar surface area (TPSA) is 86.0 Å². The number of rotatable bonds is 8. The molecule has 0 aliphatic carbocycles. The molecule has 0 radical (unpaired) electrons. The van der Waals surface area contributed by atoms with Crippen LogP contribution < -0.4 is 15.8 Å². The van der Waals surface area contributed by atoms with Gasteiger partial charge in [0.05, 0.1) is 6.10 Å².